The molecular formula is C70H112O26. The third-order valence-corrected chi connectivity index (χ3v) is 19.0. The zero-order chi connectivity index (χ0) is 69.6. The molecular weight excluding hydrogens is 1260 g/mol. The molecule has 1 aromatic rings. The minimum atomic E-state index is -1.96. The minimum absolute atomic E-state index is 0.0668. The summed E-state index contributed by atoms with van der Waals surface area (Å²) in [5.74, 6) is -2.96. The van der Waals surface area contributed by atoms with Gasteiger partial charge in [0, 0.05) is 24.5 Å². The number of carbonyl (C=O) groups is 3. The molecule has 26 heteroatoms. The van der Waals surface area contributed by atoms with Gasteiger partial charge in [0.15, 0.2) is 55.9 Å². The lowest BCUT2D eigenvalue weighted by atomic mass is 9.95. The fourth-order valence-corrected chi connectivity index (χ4v) is 13.0. The first-order valence-electron chi connectivity index (χ1n) is 35.4. The van der Waals surface area contributed by atoms with Crippen molar-refractivity contribution in [3.05, 3.63) is 53.5 Å². The first-order chi connectivity index (χ1) is 46.1. The van der Waals surface area contributed by atoms with Crippen molar-refractivity contribution in [2.24, 2.45) is 0 Å². The Bertz CT molecular complexity index is 2510. The third-order valence-electron chi connectivity index (χ3n) is 19.0. The van der Waals surface area contributed by atoms with Crippen molar-refractivity contribution in [3.8, 4) is 0 Å². The molecule has 7 rings (SSSR count). The number of aliphatic hydroxyl groups excluding tert-OH is 9. The van der Waals surface area contributed by atoms with Crippen LogP contribution in [0.1, 0.15) is 202 Å². The Morgan fingerprint density at radius 2 is 1.14 bits per heavy atom. The standard InChI is InChI=1S/C70H112O26/c1-9-12-14-15-17-21-29-35-48(73)91-64-63(96-66-54(79)52(77)50(75)40(5)83-66)59(94-68-62(90-49(74)37-36-44-30-25-23-26-31-44)55(80)57(41(6)85-68)92-65(82)39(4)11-3)43(8)86-70(64)93-58-42(7)84-67-56(81)60(58)89-47(72)34-28-22-19-16-18-20-27-33-45(32-24-13-10-2)87-69-61(95-67)53(78)51(76)46(38-71)88-69/h23,25-26,30-31,36-37,40-43,45-46,50-64,66-71,75-82H,9-22,24,27-29,32-35,38H2,1-8H3/b37-36+,65-39-/t40-,41-,42-,43-,45+,46+,50-,51+,52+,53-,54+,55+,56+,57-,58-,59-,60-,61+,62+,63+,64+,66-,67-,68-,69+,70-/m0/s1. The summed E-state index contributed by atoms with van der Waals surface area (Å²) < 4.78 is 89.8. The van der Waals surface area contributed by atoms with Crippen molar-refractivity contribution in [1.82, 2.24) is 0 Å². The molecule has 9 N–H and O–H groups in total. The quantitative estimate of drug-likeness (QED) is 0.0159. The smallest absolute Gasteiger partial charge is 0.331 e. The van der Waals surface area contributed by atoms with Crippen LogP contribution in [0, 0.1) is 0 Å². The van der Waals surface area contributed by atoms with E-state index < -0.39 is 184 Å². The Kier molecular flexibility index (Phi) is 32.9. The van der Waals surface area contributed by atoms with Gasteiger partial charge in [0.05, 0.1) is 37.1 Å². The molecule has 0 radical (unpaired) electrons. The number of unbranched alkanes of at least 4 members (excludes halogenated alkanes) is 8. The number of allylic oxidation sites excluding steroid dienone is 1. The van der Waals surface area contributed by atoms with Crippen molar-refractivity contribution in [3.63, 3.8) is 0 Å². The van der Waals surface area contributed by atoms with E-state index in [1.54, 1.807) is 44.2 Å². The molecule has 6 aliphatic heterocycles. The fourth-order valence-electron chi connectivity index (χ4n) is 13.0. The van der Waals surface area contributed by atoms with Gasteiger partial charge in [0.1, 0.15) is 73.2 Å². The molecule has 0 amide bonds. The van der Waals surface area contributed by atoms with Crippen LogP contribution in [0.2, 0.25) is 0 Å². The molecule has 0 unspecified atom stereocenters. The number of esters is 3. The van der Waals surface area contributed by atoms with Gasteiger partial charge in [-0.25, -0.2) is 4.79 Å². The van der Waals surface area contributed by atoms with Gasteiger partial charge >= 0.3 is 17.9 Å². The van der Waals surface area contributed by atoms with Crippen LogP contribution in [0.5, 0.6) is 0 Å². The van der Waals surface area contributed by atoms with Crippen LogP contribution in [-0.2, 0) is 80.7 Å². The summed E-state index contributed by atoms with van der Waals surface area (Å²) in [6.07, 6.45) is -22.3. The van der Waals surface area contributed by atoms with Crippen LogP contribution < -0.4 is 0 Å². The van der Waals surface area contributed by atoms with Gasteiger partial charge in [0.25, 0.3) is 5.95 Å². The van der Waals surface area contributed by atoms with Gasteiger partial charge in [-0.05, 0) is 78.4 Å². The Morgan fingerprint density at radius 3 is 1.82 bits per heavy atom. The SMILES string of the molecule is CCCCCCCCCC(=O)O[C@H]1[C@H](O[C@@H]2[C@H]3OC(=O)CCCCCCCCC[C@@H](CCCCC)O[C@@H]4O[C@H](CO)[C@@H](O)[C@H](O)[C@H]4O[C@H](O[C@H]2C)[C@@H]3O)O[C@@H](C)[C@H](O[C@@H]2O[C@@H](C)[C@H](O/C(O)=C(/C)CC)[C@@H](O)[C@H]2OC(=O)/C=C/c2ccccc2)[C@H]1O[C@@H]1O[C@@H](C)[C@H](O)[C@@H](O)[C@H]1O. The number of hydrogen-bond donors (Lipinski definition) is 9. The lowest BCUT2D eigenvalue weighted by Crippen LogP contribution is -2.68. The average molecular weight is 1370 g/mol. The number of carbonyl (C=O) groups excluding carboxylic acids is 3. The predicted octanol–water partition coefficient (Wildman–Crippen LogP) is 6.41. The van der Waals surface area contributed by atoms with E-state index in [1.807, 2.05) is 0 Å². The Labute approximate surface area is 565 Å². The zero-order valence-corrected chi connectivity index (χ0v) is 57.3. The van der Waals surface area contributed by atoms with Crippen molar-refractivity contribution in [2.45, 2.75) is 356 Å². The monoisotopic (exact) mass is 1370 g/mol. The molecule has 0 aliphatic carbocycles. The first kappa shape index (κ1) is 79.3. The molecule has 548 valence electrons. The predicted molar refractivity (Wildman–Crippen MR) is 343 cm³/mol. The van der Waals surface area contributed by atoms with E-state index >= 15 is 0 Å². The summed E-state index contributed by atoms with van der Waals surface area (Å²) in [4.78, 5) is 42.6. The van der Waals surface area contributed by atoms with E-state index in [0.717, 1.165) is 89.5 Å². The molecule has 2 bridgehead atoms. The van der Waals surface area contributed by atoms with Crippen LogP contribution in [-0.4, -0.2) is 230 Å². The van der Waals surface area contributed by atoms with Crippen molar-refractivity contribution in [2.75, 3.05) is 6.61 Å². The lowest BCUT2D eigenvalue weighted by Gasteiger charge is -2.51. The lowest BCUT2D eigenvalue weighted by molar-refractivity contribution is -0.400. The maximum atomic E-state index is 14.6. The summed E-state index contributed by atoms with van der Waals surface area (Å²) in [5, 5.41) is 103. The largest absolute Gasteiger partial charge is 0.481 e. The van der Waals surface area contributed by atoms with Crippen LogP contribution >= 0.6 is 0 Å². The van der Waals surface area contributed by atoms with Gasteiger partial charge in [-0.15, -0.1) is 0 Å². The van der Waals surface area contributed by atoms with E-state index in [2.05, 4.69) is 13.8 Å². The molecule has 6 heterocycles. The van der Waals surface area contributed by atoms with E-state index in [9.17, 15) is 60.3 Å². The van der Waals surface area contributed by atoms with Crippen LogP contribution in [0.4, 0.5) is 0 Å². The Hall–Kier alpha value is -4.01. The molecule has 6 fully saturated rings. The normalized spacial score (nSPS) is 38.8. The molecule has 96 heavy (non-hydrogen) atoms. The second-order valence-electron chi connectivity index (χ2n) is 26.6. The third kappa shape index (κ3) is 22.2. The molecule has 6 saturated heterocycles. The molecule has 1 aromatic carbocycles. The number of benzene rings is 1. The summed E-state index contributed by atoms with van der Waals surface area (Å²) >= 11 is 0. The van der Waals surface area contributed by atoms with Gasteiger partial charge in [-0.2, -0.15) is 0 Å². The van der Waals surface area contributed by atoms with E-state index in [1.165, 1.54) is 33.8 Å². The molecule has 26 atom stereocenters. The fraction of sp³-hybridized carbons (Fsp3) is 0.814. The van der Waals surface area contributed by atoms with Crippen LogP contribution in [0.25, 0.3) is 6.08 Å². The van der Waals surface area contributed by atoms with Gasteiger partial charge in [-0.3, -0.25) is 9.59 Å². The van der Waals surface area contributed by atoms with Gasteiger partial charge in [-0.1, -0.05) is 147 Å². The first-order valence-corrected chi connectivity index (χ1v) is 35.4. The van der Waals surface area contributed by atoms with Gasteiger partial charge < -0.3 is 112 Å². The van der Waals surface area contributed by atoms with E-state index in [0.29, 0.717) is 56.1 Å². The Balaban J connectivity index is 1.28. The van der Waals surface area contributed by atoms with Crippen LogP contribution in [0.3, 0.4) is 0 Å². The zero-order valence-electron chi connectivity index (χ0n) is 57.3. The maximum Gasteiger partial charge on any atom is 0.331 e. The number of fused-ring (bicyclic) bond motifs is 3. The highest BCUT2D eigenvalue weighted by Gasteiger charge is 2.59. The van der Waals surface area contributed by atoms with Gasteiger partial charge in [0.2, 0.25) is 0 Å². The van der Waals surface area contributed by atoms with E-state index in [-0.39, 0.29) is 18.9 Å². The van der Waals surface area contributed by atoms with E-state index in [4.69, 9.17) is 66.3 Å². The average Bonchev–Trinajstić information content (AvgIpc) is 0.769. The van der Waals surface area contributed by atoms with Crippen molar-refractivity contribution < 1.29 is 127 Å². The number of aliphatic hydroxyl groups is 9. The highest BCUT2D eigenvalue weighted by Crippen LogP contribution is 2.40. The second-order valence-corrected chi connectivity index (χ2v) is 26.6. The second kappa shape index (κ2) is 39.8. The maximum absolute atomic E-state index is 14.6. The summed E-state index contributed by atoms with van der Waals surface area (Å²) in [6, 6.07) is 8.85. The molecule has 26 nitrogen and oxygen atoms in total. The number of rotatable bonds is 26. The molecule has 0 spiro atoms. The summed E-state index contributed by atoms with van der Waals surface area (Å²) in [7, 11) is 0. The van der Waals surface area contributed by atoms with Crippen molar-refractivity contribution >= 4 is 24.0 Å². The van der Waals surface area contributed by atoms with Crippen molar-refractivity contribution in [1.29, 1.82) is 0 Å². The minimum Gasteiger partial charge on any atom is -0.481 e. The highest BCUT2D eigenvalue weighted by atomic mass is 16.8. The number of hydrogen-bond acceptors (Lipinski definition) is 26. The number of ether oxygens (including phenoxy) is 14. The van der Waals surface area contributed by atoms with Crippen LogP contribution in [0.15, 0.2) is 47.9 Å². The summed E-state index contributed by atoms with van der Waals surface area (Å²) in [6.45, 7) is 13.0. The molecule has 0 saturated carbocycles. The summed E-state index contributed by atoms with van der Waals surface area (Å²) in [5.41, 5.74) is 1.08. The molecule has 0 aromatic heterocycles. The highest BCUT2D eigenvalue weighted by molar-refractivity contribution is 5.87. The Morgan fingerprint density at radius 1 is 0.531 bits per heavy atom. The topological polar surface area (TPSA) is 363 Å². The molecule has 6 aliphatic rings.